The SMILES string of the molecule is COC(=O)CNC(=O)C(c1ccc(C)cc1C)N(C(=O)C(CCC(N)=O)NC(=O)OC(C)(C)C)C(C)(C)C. The molecular formula is C27H42N4O7. The van der Waals surface area contributed by atoms with Gasteiger partial charge in [0.25, 0.3) is 0 Å². The molecule has 0 aliphatic heterocycles. The van der Waals surface area contributed by atoms with Gasteiger partial charge < -0.3 is 30.7 Å². The summed E-state index contributed by atoms with van der Waals surface area (Å²) in [6.07, 6.45) is -1.15. The van der Waals surface area contributed by atoms with Crippen LogP contribution in [0.4, 0.5) is 4.79 Å². The van der Waals surface area contributed by atoms with Gasteiger partial charge in [-0.3, -0.25) is 19.2 Å². The quantitative estimate of drug-likeness (QED) is 0.389. The Morgan fingerprint density at radius 1 is 1.03 bits per heavy atom. The minimum Gasteiger partial charge on any atom is -0.468 e. The predicted octanol–water partition coefficient (Wildman–Crippen LogP) is 2.42. The fourth-order valence-corrected chi connectivity index (χ4v) is 3.86. The summed E-state index contributed by atoms with van der Waals surface area (Å²) >= 11 is 0. The third-order valence-corrected chi connectivity index (χ3v) is 5.49. The monoisotopic (exact) mass is 534 g/mol. The summed E-state index contributed by atoms with van der Waals surface area (Å²) < 4.78 is 9.96. The van der Waals surface area contributed by atoms with Gasteiger partial charge in [-0.1, -0.05) is 23.8 Å². The predicted molar refractivity (Wildman–Crippen MR) is 142 cm³/mol. The van der Waals surface area contributed by atoms with Gasteiger partial charge in [0.1, 0.15) is 24.2 Å². The Balaban J connectivity index is 3.64. The number of nitrogens with one attached hydrogen (secondary N) is 2. The maximum atomic E-state index is 14.1. The second kappa shape index (κ2) is 13.3. The smallest absolute Gasteiger partial charge is 0.408 e. The van der Waals surface area contributed by atoms with Gasteiger partial charge in [0.2, 0.25) is 17.7 Å². The van der Waals surface area contributed by atoms with Crippen LogP contribution in [0.3, 0.4) is 0 Å². The summed E-state index contributed by atoms with van der Waals surface area (Å²) in [7, 11) is 1.20. The minimum absolute atomic E-state index is 0.108. The van der Waals surface area contributed by atoms with E-state index in [2.05, 4.69) is 15.4 Å². The average Bonchev–Trinajstić information content (AvgIpc) is 2.76. The number of rotatable bonds is 10. The third kappa shape index (κ3) is 10.0. The molecule has 4 amide bonds. The molecule has 0 heterocycles. The van der Waals surface area contributed by atoms with Gasteiger partial charge in [0.15, 0.2) is 0 Å². The summed E-state index contributed by atoms with van der Waals surface area (Å²) in [5.41, 5.74) is 5.80. The topological polar surface area (TPSA) is 157 Å². The Labute approximate surface area is 224 Å². The number of methoxy groups -OCH3 is 1. The fraction of sp³-hybridized carbons (Fsp3) is 0.593. The second-order valence-corrected chi connectivity index (χ2v) is 11.1. The first-order valence-corrected chi connectivity index (χ1v) is 12.4. The molecule has 0 fully saturated rings. The highest BCUT2D eigenvalue weighted by Crippen LogP contribution is 2.32. The molecule has 0 saturated heterocycles. The first kappa shape index (κ1) is 32.4. The Morgan fingerprint density at radius 2 is 1.63 bits per heavy atom. The number of nitrogens with zero attached hydrogens (tertiary/aromatic N) is 1. The Kier molecular flexibility index (Phi) is 11.3. The summed E-state index contributed by atoms with van der Waals surface area (Å²) in [4.78, 5) is 65.0. The van der Waals surface area contributed by atoms with Crippen LogP contribution in [0.5, 0.6) is 0 Å². The summed E-state index contributed by atoms with van der Waals surface area (Å²) in [6.45, 7) is 13.6. The number of aryl methyl sites for hydroxylation is 2. The molecule has 0 spiro atoms. The van der Waals surface area contributed by atoms with Crippen molar-refractivity contribution in [1.82, 2.24) is 15.5 Å². The molecule has 0 bridgehead atoms. The van der Waals surface area contributed by atoms with E-state index >= 15 is 0 Å². The van der Waals surface area contributed by atoms with Crippen LogP contribution < -0.4 is 16.4 Å². The van der Waals surface area contributed by atoms with Gasteiger partial charge in [-0.05, 0) is 72.9 Å². The van der Waals surface area contributed by atoms with Gasteiger partial charge >= 0.3 is 12.1 Å². The van der Waals surface area contributed by atoms with Crippen molar-refractivity contribution in [3.63, 3.8) is 0 Å². The van der Waals surface area contributed by atoms with Gasteiger partial charge in [-0.2, -0.15) is 0 Å². The van der Waals surface area contributed by atoms with E-state index in [1.54, 1.807) is 47.6 Å². The molecule has 0 aliphatic rings. The highest BCUT2D eigenvalue weighted by molar-refractivity contribution is 5.94. The molecule has 0 aliphatic carbocycles. The summed E-state index contributed by atoms with van der Waals surface area (Å²) in [6, 6.07) is 3.05. The number of hydrogen-bond donors (Lipinski definition) is 3. The van der Waals surface area contributed by atoms with E-state index in [1.807, 2.05) is 26.0 Å². The molecule has 1 aromatic carbocycles. The number of carbonyl (C=O) groups excluding carboxylic acids is 5. The van der Waals surface area contributed by atoms with Crippen molar-refractivity contribution >= 4 is 29.8 Å². The molecule has 38 heavy (non-hydrogen) atoms. The molecule has 4 N–H and O–H groups in total. The van der Waals surface area contributed by atoms with Crippen molar-refractivity contribution in [1.29, 1.82) is 0 Å². The maximum absolute atomic E-state index is 14.1. The van der Waals surface area contributed by atoms with Crippen LogP contribution in [0.1, 0.15) is 77.1 Å². The molecule has 0 radical (unpaired) electrons. The molecular weight excluding hydrogens is 492 g/mol. The number of benzene rings is 1. The molecule has 2 unspecified atom stereocenters. The standard InChI is InChI=1S/C27H42N4O7/c1-16-10-11-18(17(2)14-16)22(23(34)29-15-21(33)37-9)31(26(3,4)5)24(35)19(12-13-20(28)32)30-25(36)38-27(6,7)8/h10-11,14,19,22H,12-13,15H2,1-9H3,(H2,28,32)(H,29,34)(H,30,36). The maximum Gasteiger partial charge on any atom is 0.408 e. The number of alkyl carbamates (subject to hydrolysis) is 1. The van der Waals surface area contributed by atoms with Crippen LogP contribution in [0.2, 0.25) is 0 Å². The van der Waals surface area contributed by atoms with Crippen LogP contribution in [0.15, 0.2) is 18.2 Å². The Morgan fingerprint density at radius 3 is 2.11 bits per heavy atom. The van der Waals surface area contributed by atoms with Crippen molar-refractivity contribution in [3.8, 4) is 0 Å². The second-order valence-electron chi connectivity index (χ2n) is 11.1. The molecule has 212 valence electrons. The van der Waals surface area contributed by atoms with E-state index in [1.165, 1.54) is 12.0 Å². The van der Waals surface area contributed by atoms with Crippen molar-refractivity contribution in [2.75, 3.05) is 13.7 Å². The first-order valence-electron chi connectivity index (χ1n) is 12.4. The van der Waals surface area contributed by atoms with Crippen LogP contribution in [-0.4, -0.2) is 65.5 Å². The van der Waals surface area contributed by atoms with Gasteiger partial charge in [-0.15, -0.1) is 0 Å². The number of carbonyl (C=O) groups is 5. The average molecular weight is 535 g/mol. The number of nitrogens with two attached hydrogens (primary N) is 1. The Hall–Kier alpha value is -3.63. The molecule has 0 saturated carbocycles. The zero-order valence-electron chi connectivity index (χ0n) is 23.9. The van der Waals surface area contributed by atoms with E-state index in [0.717, 1.165) is 11.1 Å². The summed E-state index contributed by atoms with van der Waals surface area (Å²) in [5, 5.41) is 5.09. The normalized spacial score (nSPS) is 13.1. The largest absolute Gasteiger partial charge is 0.468 e. The highest BCUT2D eigenvalue weighted by atomic mass is 16.6. The van der Waals surface area contributed by atoms with E-state index < -0.39 is 59.6 Å². The first-order chi connectivity index (χ1) is 17.4. The zero-order chi connectivity index (χ0) is 29.4. The molecule has 11 heteroatoms. The van der Waals surface area contributed by atoms with Gasteiger partial charge in [0, 0.05) is 12.0 Å². The van der Waals surface area contributed by atoms with E-state index in [9.17, 15) is 24.0 Å². The molecule has 1 aromatic rings. The van der Waals surface area contributed by atoms with Crippen molar-refractivity contribution in [2.45, 2.75) is 91.5 Å². The summed E-state index contributed by atoms with van der Waals surface area (Å²) in [5.74, 6) is -2.55. The fourth-order valence-electron chi connectivity index (χ4n) is 3.86. The van der Waals surface area contributed by atoms with Crippen molar-refractivity contribution in [2.24, 2.45) is 5.73 Å². The Bertz CT molecular complexity index is 1040. The van der Waals surface area contributed by atoms with E-state index in [0.29, 0.717) is 5.56 Å². The lowest BCUT2D eigenvalue weighted by Gasteiger charge is -2.43. The van der Waals surface area contributed by atoms with E-state index in [4.69, 9.17) is 10.5 Å². The number of primary amides is 1. The zero-order valence-corrected chi connectivity index (χ0v) is 23.9. The van der Waals surface area contributed by atoms with Gasteiger partial charge in [0.05, 0.1) is 7.11 Å². The lowest BCUT2D eigenvalue weighted by Crippen LogP contribution is -2.59. The lowest BCUT2D eigenvalue weighted by atomic mass is 9.91. The third-order valence-electron chi connectivity index (χ3n) is 5.49. The highest BCUT2D eigenvalue weighted by Gasteiger charge is 2.42. The van der Waals surface area contributed by atoms with Crippen molar-refractivity contribution in [3.05, 3.63) is 34.9 Å². The van der Waals surface area contributed by atoms with Crippen LogP contribution in [0, 0.1) is 13.8 Å². The van der Waals surface area contributed by atoms with Crippen LogP contribution in [0.25, 0.3) is 0 Å². The van der Waals surface area contributed by atoms with E-state index in [-0.39, 0.29) is 12.8 Å². The van der Waals surface area contributed by atoms with Crippen LogP contribution in [-0.2, 0) is 28.7 Å². The lowest BCUT2D eigenvalue weighted by molar-refractivity contribution is -0.149. The number of amides is 4. The molecule has 11 nitrogen and oxygen atoms in total. The number of esters is 1. The van der Waals surface area contributed by atoms with Gasteiger partial charge in [-0.25, -0.2) is 4.79 Å². The van der Waals surface area contributed by atoms with Crippen molar-refractivity contribution < 1.29 is 33.4 Å². The molecule has 2 atom stereocenters. The van der Waals surface area contributed by atoms with Crippen LogP contribution >= 0.6 is 0 Å². The number of hydrogen-bond acceptors (Lipinski definition) is 7. The number of ether oxygens (including phenoxy) is 2. The molecule has 0 aromatic heterocycles. The minimum atomic E-state index is -1.22. The molecule has 1 rings (SSSR count).